The van der Waals surface area contributed by atoms with Crippen LogP contribution in [0.5, 0.6) is 0 Å². The molecule has 19 heavy (non-hydrogen) atoms. The molecule has 2 aromatic carbocycles. The smallest absolute Gasteiger partial charge is 0.248 e. The van der Waals surface area contributed by atoms with E-state index in [0.29, 0.717) is 0 Å². The number of benzene rings is 2. The minimum absolute atomic E-state index is 0.0944. The fraction of sp³-hybridized carbons (Fsp3) is 0.118. The molecule has 0 aliphatic rings. The van der Waals surface area contributed by atoms with Gasteiger partial charge in [-0.05, 0) is 36.6 Å². The molecule has 0 aromatic heterocycles. The Morgan fingerprint density at radius 3 is 2.47 bits per heavy atom. The lowest BCUT2D eigenvalue weighted by atomic mass is 10.0. The summed E-state index contributed by atoms with van der Waals surface area (Å²) in [6.07, 6.45) is 4.07. The molecule has 1 amide bonds. The van der Waals surface area contributed by atoms with Crippen LogP contribution in [0, 0.1) is 0 Å². The first kappa shape index (κ1) is 13.1. The van der Waals surface area contributed by atoms with Crippen molar-refractivity contribution in [2.24, 2.45) is 0 Å². The fourth-order valence-electron chi connectivity index (χ4n) is 1.94. The lowest BCUT2D eigenvalue weighted by Gasteiger charge is -2.09. The number of carbonyl (C=O) groups excluding carboxylic acids is 1. The van der Waals surface area contributed by atoms with E-state index in [9.17, 15) is 4.79 Å². The second kappa shape index (κ2) is 6.55. The van der Waals surface area contributed by atoms with Gasteiger partial charge in [-0.25, -0.2) is 0 Å². The highest BCUT2D eigenvalue weighted by Crippen LogP contribution is 2.19. The van der Waals surface area contributed by atoms with E-state index in [4.69, 9.17) is 0 Å². The first-order valence-corrected chi connectivity index (χ1v) is 6.35. The molecule has 0 spiro atoms. The van der Waals surface area contributed by atoms with Crippen LogP contribution in [0.25, 0.3) is 0 Å². The minimum atomic E-state index is -0.0944. The summed E-state index contributed by atoms with van der Waals surface area (Å²) >= 11 is 0. The van der Waals surface area contributed by atoms with Crippen LogP contribution in [-0.4, -0.2) is 5.91 Å². The normalized spacial score (nSPS) is 10.6. The van der Waals surface area contributed by atoms with Crippen LogP contribution >= 0.6 is 0 Å². The van der Waals surface area contributed by atoms with Crippen molar-refractivity contribution in [1.29, 1.82) is 0 Å². The standard InChI is InChI=1S/C17H17NO/c1-2-8-17(19)18-16-12-7-6-11-15(16)13-14-9-4-3-5-10-14/h2-12H,13H2,1H3,(H,18,19). The second-order valence-corrected chi connectivity index (χ2v) is 4.31. The molecular weight excluding hydrogens is 234 g/mol. The van der Waals surface area contributed by atoms with Gasteiger partial charge >= 0.3 is 0 Å². The average Bonchev–Trinajstić information content (AvgIpc) is 2.42. The Labute approximate surface area is 113 Å². The molecule has 2 nitrogen and oxygen atoms in total. The summed E-state index contributed by atoms with van der Waals surface area (Å²) in [6.45, 7) is 1.83. The van der Waals surface area contributed by atoms with Gasteiger partial charge in [-0.15, -0.1) is 0 Å². The monoisotopic (exact) mass is 251 g/mol. The van der Waals surface area contributed by atoms with Crippen LogP contribution < -0.4 is 5.32 Å². The number of hydrogen-bond donors (Lipinski definition) is 1. The highest BCUT2D eigenvalue weighted by Gasteiger charge is 2.04. The maximum atomic E-state index is 11.6. The molecule has 0 fully saturated rings. The maximum absolute atomic E-state index is 11.6. The van der Waals surface area contributed by atoms with E-state index in [2.05, 4.69) is 17.4 Å². The summed E-state index contributed by atoms with van der Waals surface area (Å²) in [5.74, 6) is -0.0944. The van der Waals surface area contributed by atoms with Gasteiger partial charge in [-0.2, -0.15) is 0 Å². The minimum Gasteiger partial charge on any atom is -0.322 e. The molecule has 0 aliphatic heterocycles. The molecular formula is C17H17NO. The molecule has 1 N–H and O–H groups in total. The zero-order valence-corrected chi connectivity index (χ0v) is 11.0. The number of hydrogen-bond acceptors (Lipinski definition) is 1. The molecule has 0 heterocycles. The van der Waals surface area contributed by atoms with Crippen molar-refractivity contribution in [2.45, 2.75) is 13.3 Å². The summed E-state index contributed by atoms with van der Waals surface area (Å²) < 4.78 is 0. The summed E-state index contributed by atoms with van der Waals surface area (Å²) in [4.78, 5) is 11.6. The van der Waals surface area contributed by atoms with Crippen molar-refractivity contribution >= 4 is 11.6 Å². The van der Waals surface area contributed by atoms with E-state index < -0.39 is 0 Å². The van der Waals surface area contributed by atoms with Crippen molar-refractivity contribution < 1.29 is 4.79 Å². The lowest BCUT2D eigenvalue weighted by Crippen LogP contribution is -2.09. The predicted molar refractivity (Wildman–Crippen MR) is 79.1 cm³/mol. The molecule has 0 saturated carbocycles. The second-order valence-electron chi connectivity index (χ2n) is 4.31. The first-order chi connectivity index (χ1) is 9.29. The number of anilines is 1. The predicted octanol–water partition coefficient (Wildman–Crippen LogP) is 3.79. The van der Waals surface area contributed by atoms with Crippen LogP contribution in [0.3, 0.4) is 0 Å². The largest absolute Gasteiger partial charge is 0.322 e. The Morgan fingerprint density at radius 2 is 1.74 bits per heavy atom. The number of rotatable bonds is 4. The molecule has 2 aromatic rings. The van der Waals surface area contributed by atoms with Crippen molar-refractivity contribution in [3.8, 4) is 0 Å². The third-order valence-electron chi connectivity index (χ3n) is 2.83. The molecule has 0 bridgehead atoms. The number of allylic oxidation sites excluding steroid dienone is 1. The Balaban J connectivity index is 2.19. The number of amides is 1. The third kappa shape index (κ3) is 3.81. The van der Waals surface area contributed by atoms with Gasteiger partial charge in [0.05, 0.1) is 0 Å². The highest BCUT2D eigenvalue weighted by molar-refractivity contribution is 5.99. The molecule has 2 rings (SSSR count). The van der Waals surface area contributed by atoms with Crippen LogP contribution in [0.2, 0.25) is 0 Å². The van der Waals surface area contributed by atoms with Gasteiger partial charge in [-0.1, -0.05) is 54.6 Å². The summed E-state index contributed by atoms with van der Waals surface area (Å²) in [5, 5.41) is 2.91. The summed E-state index contributed by atoms with van der Waals surface area (Å²) in [6, 6.07) is 18.1. The molecule has 0 atom stereocenters. The Bertz CT molecular complexity index is 573. The number of carbonyl (C=O) groups is 1. The first-order valence-electron chi connectivity index (χ1n) is 6.35. The van der Waals surface area contributed by atoms with Crippen molar-refractivity contribution in [3.63, 3.8) is 0 Å². The van der Waals surface area contributed by atoms with Crippen LogP contribution in [0.15, 0.2) is 66.7 Å². The third-order valence-corrected chi connectivity index (χ3v) is 2.83. The van der Waals surface area contributed by atoms with Gasteiger partial charge < -0.3 is 5.32 Å². The van der Waals surface area contributed by atoms with Gasteiger partial charge in [0.2, 0.25) is 5.91 Å². The zero-order chi connectivity index (χ0) is 13.5. The van der Waals surface area contributed by atoms with E-state index in [1.165, 1.54) is 11.6 Å². The van der Waals surface area contributed by atoms with Gasteiger partial charge in [0.1, 0.15) is 0 Å². The Kier molecular flexibility index (Phi) is 4.51. The number of para-hydroxylation sites is 1. The van der Waals surface area contributed by atoms with Crippen molar-refractivity contribution in [1.82, 2.24) is 0 Å². The van der Waals surface area contributed by atoms with Crippen LogP contribution in [0.4, 0.5) is 5.69 Å². The summed E-state index contributed by atoms with van der Waals surface area (Å²) in [5.41, 5.74) is 3.22. The molecule has 0 radical (unpaired) electrons. The SMILES string of the molecule is CC=CC(=O)Nc1ccccc1Cc1ccccc1. The molecule has 0 unspecified atom stereocenters. The molecule has 2 heteroatoms. The maximum Gasteiger partial charge on any atom is 0.248 e. The topological polar surface area (TPSA) is 29.1 Å². The zero-order valence-electron chi connectivity index (χ0n) is 11.0. The van der Waals surface area contributed by atoms with E-state index in [1.807, 2.05) is 49.4 Å². The number of nitrogens with one attached hydrogen (secondary N) is 1. The van der Waals surface area contributed by atoms with Gasteiger partial charge in [-0.3, -0.25) is 4.79 Å². The molecule has 0 aliphatic carbocycles. The highest BCUT2D eigenvalue weighted by atomic mass is 16.1. The molecule has 0 saturated heterocycles. The van der Waals surface area contributed by atoms with Crippen LogP contribution in [0.1, 0.15) is 18.1 Å². The Morgan fingerprint density at radius 1 is 1.05 bits per heavy atom. The average molecular weight is 251 g/mol. The summed E-state index contributed by atoms with van der Waals surface area (Å²) in [7, 11) is 0. The van der Waals surface area contributed by atoms with E-state index in [-0.39, 0.29) is 5.91 Å². The lowest BCUT2D eigenvalue weighted by molar-refractivity contribution is -0.111. The van der Waals surface area contributed by atoms with Crippen molar-refractivity contribution in [3.05, 3.63) is 77.9 Å². The quantitative estimate of drug-likeness (QED) is 0.823. The van der Waals surface area contributed by atoms with Gasteiger partial charge in [0, 0.05) is 5.69 Å². The van der Waals surface area contributed by atoms with E-state index in [1.54, 1.807) is 6.08 Å². The molecule has 96 valence electrons. The van der Waals surface area contributed by atoms with E-state index >= 15 is 0 Å². The van der Waals surface area contributed by atoms with Crippen LogP contribution in [-0.2, 0) is 11.2 Å². The van der Waals surface area contributed by atoms with Gasteiger partial charge in [0.25, 0.3) is 0 Å². The fourth-order valence-corrected chi connectivity index (χ4v) is 1.94. The van der Waals surface area contributed by atoms with Gasteiger partial charge in [0.15, 0.2) is 0 Å². The van der Waals surface area contributed by atoms with E-state index in [0.717, 1.165) is 17.7 Å². The Hall–Kier alpha value is -2.35. The van der Waals surface area contributed by atoms with Crippen molar-refractivity contribution in [2.75, 3.05) is 5.32 Å².